The van der Waals surface area contributed by atoms with Gasteiger partial charge in [-0.25, -0.2) is 31.1 Å². The van der Waals surface area contributed by atoms with Crippen LogP contribution >= 0.6 is 0 Å². The van der Waals surface area contributed by atoms with Crippen molar-refractivity contribution >= 4 is 26.1 Å². The number of carbonyl (C=O) groups excluding carboxylic acids is 1. The molecule has 21 heavy (non-hydrogen) atoms. The number of rotatable bonds is 6. The van der Waals surface area contributed by atoms with E-state index in [1.807, 2.05) is 0 Å². The van der Waals surface area contributed by atoms with Crippen LogP contribution in [-0.4, -0.2) is 34.2 Å². The van der Waals surface area contributed by atoms with Gasteiger partial charge in [-0.1, -0.05) is 12.1 Å². The molecule has 0 aliphatic carbocycles. The summed E-state index contributed by atoms with van der Waals surface area (Å²) in [6.45, 7) is -0.710. The summed E-state index contributed by atoms with van der Waals surface area (Å²) < 4.78 is 49.6. The molecule has 1 aromatic rings. The second kappa shape index (κ2) is 6.39. The van der Waals surface area contributed by atoms with E-state index in [1.165, 1.54) is 12.1 Å². The summed E-state index contributed by atoms with van der Waals surface area (Å²) in [6.07, 6.45) is 0.960. The third-order valence-corrected chi connectivity index (χ3v) is 4.46. The Balaban J connectivity index is 3.20. The van der Waals surface area contributed by atoms with Gasteiger partial charge in [0.1, 0.15) is 0 Å². The molecule has 0 saturated heterocycles. The third kappa shape index (κ3) is 5.30. The van der Waals surface area contributed by atoms with Crippen molar-refractivity contribution < 1.29 is 26.7 Å². The van der Waals surface area contributed by atoms with Gasteiger partial charge in [-0.2, -0.15) is 0 Å². The minimum Gasteiger partial charge on any atom is -0.392 e. The molecule has 0 aromatic heterocycles. The zero-order chi connectivity index (χ0) is 16.3. The molecule has 11 heteroatoms. The third-order valence-electron chi connectivity index (χ3n) is 2.36. The maximum Gasteiger partial charge on any atom is 0.326 e. The van der Waals surface area contributed by atoms with E-state index in [2.05, 4.69) is 4.72 Å². The number of nitrogens with one attached hydrogen (secondary N) is 2. The molecule has 0 spiro atoms. The fourth-order valence-corrected chi connectivity index (χ4v) is 3.08. The Labute approximate surface area is 122 Å². The van der Waals surface area contributed by atoms with E-state index in [-0.39, 0.29) is 17.0 Å². The number of primary amides is 1. The Morgan fingerprint density at radius 2 is 1.90 bits per heavy atom. The van der Waals surface area contributed by atoms with Crippen LogP contribution in [0, 0.1) is 0 Å². The summed E-state index contributed by atoms with van der Waals surface area (Å²) in [7, 11) is -7.68. The lowest BCUT2D eigenvalue weighted by atomic mass is 10.1. The van der Waals surface area contributed by atoms with Crippen LogP contribution in [0.15, 0.2) is 23.1 Å². The molecule has 0 unspecified atom stereocenters. The number of hydrogen-bond donors (Lipinski definition) is 4. The highest BCUT2D eigenvalue weighted by Crippen LogP contribution is 2.18. The number of hydrogen-bond acceptors (Lipinski definition) is 6. The summed E-state index contributed by atoms with van der Waals surface area (Å²) in [4.78, 5) is 10.4. The average molecular weight is 337 g/mol. The monoisotopic (exact) mass is 337 g/mol. The van der Waals surface area contributed by atoms with Gasteiger partial charge in [0.25, 0.3) is 10.0 Å². The van der Waals surface area contributed by atoms with Gasteiger partial charge in [-0.15, -0.1) is 0 Å². The van der Waals surface area contributed by atoms with Crippen molar-refractivity contribution in [2.75, 3.05) is 6.26 Å². The molecular weight excluding hydrogens is 322 g/mol. The largest absolute Gasteiger partial charge is 0.392 e. The molecule has 0 fully saturated rings. The predicted molar refractivity (Wildman–Crippen MR) is 74.0 cm³/mol. The normalized spacial score (nSPS) is 12.1. The Morgan fingerprint density at radius 3 is 2.38 bits per heavy atom. The number of aliphatic hydroxyl groups excluding tert-OH is 1. The van der Waals surface area contributed by atoms with E-state index in [4.69, 9.17) is 10.8 Å². The first-order valence-electron chi connectivity index (χ1n) is 5.55. The molecule has 0 aliphatic heterocycles. The summed E-state index contributed by atoms with van der Waals surface area (Å²) in [5.41, 5.74) is 5.16. The second-order valence-electron chi connectivity index (χ2n) is 4.16. The molecule has 0 radical (unpaired) electrons. The van der Waals surface area contributed by atoms with Gasteiger partial charge in [-0.05, 0) is 17.2 Å². The molecular formula is C10H15N3O6S2. The second-order valence-corrected chi connectivity index (χ2v) is 7.65. The zero-order valence-corrected chi connectivity index (χ0v) is 12.7. The number of sulfonamides is 2. The maximum atomic E-state index is 11.9. The lowest BCUT2D eigenvalue weighted by Gasteiger charge is -2.11. The Hall–Kier alpha value is -1.69. The lowest BCUT2D eigenvalue weighted by Crippen LogP contribution is -2.35. The summed E-state index contributed by atoms with van der Waals surface area (Å²) in [6, 6.07) is 2.65. The van der Waals surface area contributed by atoms with Crippen LogP contribution < -0.4 is 15.2 Å². The van der Waals surface area contributed by atoms with E-state index >= 15 is 0 Å². The highest BCUT2D eigenvalue weighted by atomic mass is 32.2. The molecule has 0 atom stereocenters. The van der Waals surface area contributed by atoms with Crippen LogP contribution in [0.1, 0.15) is 11.1 Å². The molecule has 118 valence electrons. The Kier molecular flexibility index (Phi) is 5.28. The van der Waals surface area contributed by atoms with Gasteiger partial charge >= 0.3 is 6.03 Å². The SMILES string of the molecule is CS(=O)(=O)NCc1ccc(CO)c(S(=O)(=O)NC(N)=O)c1. The number of amides is 2. The Morgan fingerprint density at radius 1 is 1.29 bits per heavy atom. The van der Waals surface area contributed by atoms with Crippen molar-refractivity contribution in [3.05, 3.63) is 29.3 Å². The molecule has 0 saturated carbocycles. The van der Waals surface area contributed by atoms with Crippen LogP contribution in [0.2, 0.25) is 0 Å². The first-order valence-corrected chi connectivity index (χ1v) is 8.92. The number of benzene rings is 1. The van der Waals surface area contributed by atoms with Crippen molar-refractivity contribution in [2.24, 2.45) is 5.73 Å². The molecule has 1 rings (SSSR count). The molecule has 0 heterocycles. The van der Waals surface area contributed by atoms with Crippen molar-refractivity contribution in [1.29, 1.82) is 0 Å². The first-order chi connectivity index (χ1) is 9.55. The topological polar surface area (TPSA) is 156 Å². The van der Waals surface area contributed by atoms with Crippen molar-refractivity contribution in [1.82, 2.24) is 9.44 Å². The van der Waals surface area contributed by atoms with Gasteiger partial charge in [0.05, 0.1) is 17.8 Å². The van der Waals surface area contributed by atoms with E-state index < -0.39 is 32.7 Å². The zero-order valence-electron chi connectivity index (χ0n) is 11.0. The molecule has 2 amide bonds. The van der Waals surface area contributed by atoms with Crippen molar-refractivity contribution in [3.63, 3.8) is 0 Å². The lowest BCUT2D eigenvalue weighted by molar-refractivity contribution is 0.253. The first kappa shape index (κ1) is 17.4. The van der Waals surface area contributed by atoms with Crippen LogP contribution in [0.25, 0.3) is 0 Å². The van der Waals surface area contributed by atoms with E-state index in [0.29, 0.717) is 5.56 Å². The standard InChI is InChI=1S/C10H15N3O6S2/c1-20(16,17)12-5-7-2-3-8(6-14)9(4-7)21(18,19)13-10(11)15/h2-4,12,14H,5-6H2,1H3,(H3,11,13,15). The number of urea groups is 1. The maximum absolute atomic E-state index is 11.9. The number of carbonyl (C=O) groups is 1. The highest BCUT2D eigenvalue weighted by molar-refractivity contribution is 7.90. The minimum atomic E-state index is -4.24. The number of nitrogens with two attached hydrogens (primary N) is 1. The minimum absolute atomic E-state index is 0.0480. The molecule has 1 aromatic carbocycles. The summed E-state index contributed by atoms with van der Waals surface area (Å²) in [5.74, 6) is 0. The molecule has 9 nitrogen and oxygen atoms in total. The van der Waals surface area contributed by atoms with E-state index in [1.54, 1.807) is 4.72 Å². The highest BCUT2D eigenvalue weighted by Gasteiger charge is 2.20. The van der Waals surface area contributed by atoms with Gasteiger partial charge in [0.15, 0.2) is 0 Å². The molecule has 0 bridgehead atoms. The van der Waals surface area contributed by atoms with Crippen LogP contribution in [0.5, 0.6) is 0 Å². The van der Waals surface area contributed by atoms with Crippen LogP contribution in [0.3, 0.4) is 0 Å². The van der Waals surface area contributed by atoms with Crippen LogP contribution in [0.4, 0.5) is 4.79 Å². The summed E-state index contributed by atoms with van der Waals surface area (Å²) >= 11 is 0. The quantitative estimate of drug-likeness (QED) is 0.499. The van der Waals surface area contributed by atoms with Gasteiger partial charge in [0, 0.05) is 6.54 Å². The van der Waals surface area contributed by atoms with Gasteiger partial charge < -0.3 is 10.8 Å². The average Bonchev–Trinajstić information content (AvgIpc) is 2.33. The summed E-state index contributed by atoms with van der Waals surface area (Å²) in [5, 5.41) is 9.15. The number of aliphatic hydroxyl groups is 1. The van der Waals surface area contributed by atoms with Crippen LogP contribution in [-0.2, 0) is 33.2 Å². The fraction of sp³-hybridized carbons (Fsp3) is 0.300. The van der Waals surface area contributed by atoms with Crippen molar-refractivity contribution in [3.8, 4) is 0 Å². The van der Waals surface area contributed by atoms with Gasteiger partial charge in [-0.3, -0.25) is 0 Å². The molecule has 5 N–H and O–H groups in total. The molecule has 0 aliphatic rings. The predicted octanol–water partition coefficient (Wildman–Crippen LogP) is -1.41. The smallest absolute Gasteiger partial charge is 0.326 e. The Bertz CT molecular complexity index is 742. The van der Waals surface area contributed by atoms with E-state index in [0.717, 1.165) is 12.3 Å². The van der Waals surface area contributed by atoms with E-state index in [9.17, 15) is 21.6 Å². The van der Waals surface area contributed by atoms with Crippen molar-refractivity contribution in [2.45, 2.75) is 18.0 Å². The van der Waals surface area contributed by atoms with Gasteiger partial charge in [0.2, 0.25) is 10.0 Å². The fourth-order valence-electron chi connectivity index (χ4n) is 1.49.